The molecule has 0 saturated carbocycles. The maximum Gasteiger partial charge on any atom is 0.155 e. The summed E-state index contributed by atoms with van der Waals surface area (Å²) in [5.41, 5.74) is 2.55. The van der Waals surface area contributed by atoms with Crippen LogP contribution in [0.5, 0.6) is 0 Å². The van der Waals surface area contributed by atoms with Gasteiger partial charge >= 0.3 is 0 Å². The molecule has 0 N–H and O–H groups in total. The summed E-state index contributed by atoms with van der Waals surface area (Å²) in [6, 6.07) is 5.28. The van der Waals surface area contributed by atoms with Crippen molar-refractivity contribution in [2.24, 2.45) is 4.99 Å². The first-order valence-electron chi connectivity index (χ1n) is 4.60. The number of carbonyl (C=O) groups excluding carboxylic acids is 1. The smallest absolute Gasteiger partial charge is 0.155 e. The van der Waals surface area contributed by atoms with Crippen LogP contribution in [0.15, 0.2) is 34.5 Å². The average Bonchev–Trinajstić information content (AvgIpc) is 2.64. The van der Waals surface area contributed by atoms with Crippen LogP contribution in [-0.4, -0.2) is 12.2 Å². The van der Waals surface area contributed by atoms with E-state index in [1.165, 1.54) is 0 Å². The lowest BCUT2D eigenvalue weighted by atomic mass is 10.0. The number of halogens is 2. The van der Waals surface area contributed by atoms with Crippen molar-refractivity contribution < 1.29 is 4.79 Å². The summed E-state index contributed by atoms with van der Waals surface area (Å²) < 4.78 is 0. The van der Waals surface area contributed by atoms with Crippen molar-refractivity contribution in [2.75, 3.05) is 0 Å². The minimum atomic E-state index is 0.265. The molecule has 0 bridgehead atoms. The third-order valence-electron chi connectivity index (χ3n) is 2.34. The third-order valence-corrected chi connectivity index (χ3v) is 3.15. The molecule has 4 heteroatoms. The molecular formula is C12H7Cl2NO. The van der Waals surface area contributed by atoms with Gasteiger partial charge in [0, 0.05) is 17.4 Å². The van der Waals surface area contributed by atoms with Gasteiger partial charge in [0.2, 0.25) is 0 Å². The Bertz CT molecular complexity index is 566. The predicted molar refractivity (Wildman–Crippen MR) is 66.8 cm³/mol. The second kappa shape index (κ2) is 4.26. The summed E-state index contributed by atoms with van der Waals surface area (Å²) in [6.07, 6.45) is 1.62. The molecule has 2 rings (SSSR count). The van der Waals surface area contributed by atoms with E-state index in [1.807, 2.05) is 6.92 Å². The number of benzene rings is 1. The molecule has 1 aliphatic heterocycles. The van der Waals surface area contributed by atoms with Crippen LogP contribution in [0.1, 0.15) is 12.5 Å². The third kappa shape index (κ3) is 1.72. The van der Waals surface area contributed by atoms with Crippen molar-refractivity contribution in [1.29, 1.82) is 0 Å². The molecule has 2 nitrogen and oxygen atoms in total. The van der Waals surface area contributed by atoms with Crippen LogP contribution in [0.3, 0.4) is 0 Å². The lowest BCUT2D eigenvalue weighted by Crippen LogP contribution is -1.90. The van der Waals surface area contributed by atoms with Crippen LogP contribution in [0.4, 0.5) is 0 Å². The molecule has 80 valence electrons. The average molecular weight is 252 g/mol. The first kappa shape index (κ1) is 11.2. The Morgan fingerprint density at radius 3 is 2.75 bits per heavy atom. The van der Waals surface area contributed by atoms with Crippen molar-refractivity contribution in [2.45, 2.75) is 6.92 Å². The van der Waals surface area contributed by atoms with Crippen molar-refractivity contribution in [3.63, 3.8) is 0 Å². The van der Waals surface area contributed by atoms with Crippen LogP contribution in [-0.2, 0) is 4.79 Å². The zero-order valence-corrected chi connectivity index (χ0v) is 9.93. The standard InChI is InChI=1S/C12H7Cl2NO/c1-7-5-15-10(6-16)11(7)8-3-2-4-9(13)12(8)14/h2-5H,1H3. The van der Waals surface area contributed by atoms with E-state index in [4.69, 9.17) is 23.2 Å². The largest absolute Gasteiger partial charge is 0.244 e. The molecular weight excluding hydrogens is 245 g/mol. The van der Waals surface area contributed by atoms with Crippen LogP contribution >= 0.6 is 23.2 Å². The fourth-order valence-corrected chi connectivity index (χ4v) is 1.99. The normalized spacial score (nSPS) is 14.6. The number of hydrogen-bond acceptors (Lipinski definition) is 2. The number of hydrogen-bond donors (Lipinski definition) is 0. The van der Waals surface area contributed by atoms with Gasteiger partial charge in [-0.25, -0.2) is 9.79 Å². The van der Waals surface area contributed by atoms with E-state index >= 15 is 0 Å². The van der Waals surface area contributed by atoms with Crippen LogP contribution in [0, 0.1) is 0 Å². The zero-order valence-electron chi connectivity index (χ0n) is 8.42. The second-order valence-electron chi connectivity index (χ2n) is 3.37. The van der Waals surface area contributed by atoms with Gasteiger partial charge in [0.25, 0.3) is 0 Å². The van der Waals surface area contributed by atoms with Gasteiger partial charge in [0.15, 0.2) is 11.6 Å². The zero-order chi connectivity index (χ0) is 11.7. The van der Waals surface area contributed by atoms with E-state index in [-0.39, 0.29) is 5.70 Å². The molecule has 0 aliphatic carbocycles. The molecule has 1 aromatic rings. The Morgan fingerprint density at radius 1 is 1.31 bits per heavy atom. The Labute approximate surface area is 103 Å². The lowest BCUT2D eigenvalue weighted by Gasteiger charge is -2.07. The highest BCUT2D eigenvalue weighted by atomic mass is 35.5. The summed E-state index contributed by atoms with van der Waals surface area (Å²) in [5.74, 6) is 1.80. The molecule has 1 aliphatic rings. The summed E-state index contributed by atoms with van der Waals surface area (Å²) in [6.45, 7) is 1.86. The monoisotopic (exact) mass is 251 g/mol. The molecule has 0 fully saturated rings. The predicted octanol–water partition coefficient (Wildman–Crippen LogP) is 3.57. The van der Waals surface area contributed by atoms with E-state index in [1.54, 1.807) is 30.4 Å². The summed E-state index contributed by atoms with van der Waals surface area (Å²) >= 11 is 12.0. The Morgan fingerprint density at radius 2 is 2.06 bits per heavy atom. The highest BCUT2D eigenvalue weighted by Gasteiger charge is 2.19. The van der Waals surface area contributed by atoms with E-state index in [0.717, 1.165) is 5.57 Å². The van der Waals surface area contributed by atoms with Gasteiger partial charge in [0.05, 0.1) is 10.0 Å². The van der Waals surface area contributed by atoms with Crippen molar-refractivity contribution in [3.8, 4) is 0 Å². The maximum atomic E-state index is 10.7. The van der Waals surface area contributed by atoms with Crippen molar-refractivity contribution >= 4 is 40.9 Å². The van der Waals surface area contributed by atoms with E-state index in [0.29, 0.717) is 21.2 Å². The Hall–Kier alpha value is -1.34. The van der Waals surface area contributed by atoms with Crippen molar-refractivity contribution in [1.82, 2.24) is 0 Å². The van der Waals surface area contributed by atoms with Crippen LogP contribution in [0.2, 0.25) is 10.0 Å². The van der Waals surface area contributed by atoms with Gasteiger partial charge in [-0.3, -0.25) is 0 Å². The van der Waals surface area contributed by atoms with Gasteiger partial charge in [0.1, 0.15) is 0 Å². The number of nitrogens with zero attached hydrogens (tertiary/aromatic N) is 1. The molecule has 0 saturated heterocycles. The van der Waals surface area contributed by atoms with Gasteiger partial charge in [-0.15, -0.1) is 0 Å². The van der Waals surface area contributed by atoms with E-state index in [2.05, 4.69) is 4.99 Å². The summed E-state index contributed by atoms with van der Waals surface area (Å²) in [5, 5.41) is 0.883. The molecule has 0 unspecified atom stereocenters. The first-order valence-corrected chi connectivity index (χ1v) is 5.35. The number of rotatable bonds is 1. The second-order valence-corrected chi connectivity index (χ2v) is 4.15. The first-order chi connectivity index (χ1) is 7.65. The lowest BCUT2D eigenvalue weighted by molar-refractivity contribution is 0.567. The highest BCUT2D eigenvalue weighted by molar-refractivity contribution is 6.43. The van der Waals surface area contributed by atoms with Gasteiger partial charge in [-0.05, 0) is 18.6 Å². The van der Waals surface area contributed by atoms with Crippen LogP contribution in [0.25, 0.3) is 5.57 Å². The molecule has 0 aromatic heterocycles. The quantitative estimate of drug-likeness (QED) is 0.702. The SMILES string of the molecule is CC1=C(c2cccc(Cl)c2Cl)C(=C=O)N=C1. The molecule has 0 atom stereocenters. The fourth-order valence-electron chi connectivity index (χ4n) is 1.59. The summed E-state index contributed by atoms with van der Waals surface area (Å²) in [7, 11) is 0. The molecule has 0 amide bonds. The number of aliphatic imine (C=N–C) groups is 1. The van der Waals surface area contributed by atoms with E-state index in [9.17, 15) is 4.79 Å². The molecule has 16 heavy (non-hydrogen) atoms. The minimum absolute atomic E-state index is 0.265. The summed E-state index contributed by atoms with van der Waals surface area (Å²) in [4.78, 5) is 14.7. The minimum Gasteiger partial charge on any atom is -0.244 e. The van der Waals surface area contributed by atoms with Gasteiger partial charge in [-0.2, -0.15) is 0 Å². The maximum absolute atomic E-state index is 10.7. The fraction of sp³-hybridized carbons (Fsp3) is 0.0833. The number of allylic oxidation sites excluding steroid dienone is 2. The molecule has 0 radical (unpaired) electrons. The van der Waals surface area contributed by atoms with Gasteiger partial charge in [-0.1, -0.05) is 35.3 Å². The molecule has 1 heterocycles. The topological polar surface area (TPSA) is 29.4 Å². The van der Waals surface area contributed by atoms with Gasteiger partial charge < -0.3 is 0 Å². The Kier molecular flexibility index (Phi) is 2.97. The van der Waals surface area contributed by atoms with Crippen molar-refractivity contribution in [3.05, 3.63) is 45.1 Å². The van der Waals surface area contributed by atoms with E-state index < -0.39 is 0 Å². The molecule has 0 spiro atoms. The van der Waals surface area contributed by atoms with Crippen LogP contribution < -0.4 is 0 Å². The molecule has 1 aromatic carbocycles. The Balaban J connectivity index is 2.67. The highest BCUT2D eigenvalue weighted by Crippen LogP contribution is 2.37.